The Morgan fingerprint density at radius 2 is 1.82 bits per heavy atom. The number of aromatic nitrogens is 3. The number of amides is 1. The second kappa shape index (κ2) is 11.0. The van der Waals surface area contributed by atoms with Gasteiger partial charge in [0.25, 0.3) is 5.91 Å². The van der Waals surface area contributed by atoms with Gasteiger partial charge in [-0.05, 0) is 36.4 Å². The van der Waals surface area contributed by atoms with Crippen LogP contribution < -0.4 is 5.43 Å². The van der Waals surface area contributed by atoms with Crippen LogP contribution in [0.3, 0.4) is 0 Å². The van der Waals surface area contributed by atoms with Gasteiger partial charge in [0.2, 0.25) is 0 Å². The minimum absolute atomic E-state index is 0.106. The molecule has 0 spiro atoms. The Hall–Kier alpha value is -2.65. The first-order valence-corrected chi connectivity index (χ1v) is 12.2. The van der Waals surface area contributed by atoms with Gasteiger partial charge in [-0.3, -0.25) is 9.36 Å². The number of halogens is 3. The fourth-order valence-corrected chi connectivity index (χ4v) is 4.37. The van der Waals surface area contributed by atoms with Gasteiger partial charge in [0, 0.05) is 26.3 Å². The lowest BCUT2D eigenvalue weighted by Crippen LogP contribution is -2.20. The largest absolute Gasteiger partial charge is 0.272 e. The van der Waals surface area contributed by atoms with E-state index in [1.165, 1.54) is 18.0 Å². The maximum Gasteiger partial charge on any atom is 0.250 e. The Bertz CT molecular complexity index is 1300. The molecule has 0 radical (unpaired) electrons. The van der Waals surface area contributed by atoms with Crippen LogP contribution in [0.5, 0.6) is 0 Å². The number of thioether (sulfide) groups is 1. The van der Waals surface area contributed by atoms with Crippen LogP contribution in [-0.4, -0.2) is 32.6 Å². The second-order valence-electron chi connectivity index (χ2n) is 6.73. The van der Waals surface area contributed by atoms with Crippen molar-refractivity contribution >= 4 is 63.0 Å². The molecule has 1 aromatic heterocycles. The molecule has 0 saturated heterocycles. The van der Waals surface area contributed by atoms with Crippen LogP contribution in [0, 0.1) is 0 Å². The molecule has 6 nitrogen and oxygen atoms in total. The molecule has 4 rings (SSSR count). The Kier molecular flexibility index (Phi) is 7.82. The first-order chi connectivity index (χ1) is 16.0. The van der Waals surface area contributed by atoms with Gasteiger partial charge in [-0.1, -0.05) is 87.3 Å². The molecule has 0 atom stereocenters. The first-order valence-electron chi connectivity index (χ1n) is 9.68. The van der Waals surface area contributed by atoms with Crippen molar-refractivity contribution in [3.8, 4) is 17.1 Å². The van der Waals surface area contributed by atoms with Crippen molar-refractivity contribution in [3.63, 3.8) is 0 Å². The van der Waals surface area contributed by atoms with E-state index >= 15 is 0 Å². The number of benzene rings is 3. The van der Waals surface area contributed by atoms with E-state index in [1.807, 2.05) is 59.2 Å². The number of nitrogens with zero attached hydrogens (tertiary/aromatic N) is 4. The number of nitrogens with one attached hydrogen (secondary N) is 1. The van der Waals surface area contributed by atoms with Gasteiger partial charge in [-0.15, -0.1) is 10.2 Å². The highest BCUT2D eigenvalue weighted by molar-refractivity contribution is 9.10. The van der Waals surface area contributed by atoms with Gasteiger partial charge in [-0.2, -0.15) is 5.10 Å². The van der Waals surface area contributed by atoms with Crippen molar-refractivity contribution in [1.82, 2.24) is 20.2 Å². The van der Waals surface area contributed by atoms with Crippen molar-refractivity contribution in [1.29, 1.82) is 0 Å². The molecule has 1 N–H and O–H groups in total. The highest BCUT2D eigenvalue weighted by Gasteiger charge is 2.17. The second-order valence-corrected chi connectivity index (χ2v) is 9.43. The molecular formula is C23H16BrCl2N5OS. The molecule has 166 valence electrons. The number of hydrazone groups is 1. The summed E-state index contributed by atoms with van der Waals surface area (Å²) in [5.41, 5.74) is 4.97. The summed E-state index contributed by atoms with van der Waals surface area (Å²) in [5, 5.41) is 14.2. The van der Waals surface area contributed by atoms with Crippen LogP contribution in [-0.2, 0) is 4.79 Å². The molecule has 10 heteroatoms. The maximum absolute atomic E-state index is 12.4. The molecular weight excluding hydrogens is 545 g/mol. The number of hydrogen-bond donors (Lipinski definition) is 1. The van der Waals surface area contributed by atoms with Gasteiger partial charge in [0.05, 0.1) is 17.0 Å². The van der Waals surface area contributed by atoms with Crippen LogP contribution in [0.25, 0.3) is 17.1 Å². The van der Waals surface area contributed by atoms with E-state index in [0.29, 0.717) is 26.6 Å². The summed E-state index contributed by atoms with van der Waals surface area (Å²) in [6.07, 6.45) is 1.47. The Morgan fingerprint density at radius 3 is 2.55 bits per heavy atom. The van der Waals surface area contributed by atoms with E-state index < -0.39 is 0 Å². The maximum atomic E-state index is 12.4. The summed E-state index contributed by atoms with van der Waals surface area (Å²) in [6, 6.07) is 22.6. The summed E-state index contributed by atoms with van der Waals surface area (Å²) >= 11 is 16.7. The predicted molar refractivity (Wildman–Crippen MR) is 137 cm³/mol. The molecule has 0 saturated carbocycles. The van der Waals surface area contributed by atoms with Gasteiger partial charge in [-0.25, -0.2) is 5.43 Å². The highest BCUT2D eigenvalue weighted by atomic mass is 79.9. The van der Waals surface area contributed by atoms with E-state index in [1.54, 1.807) is 18.2 Å². The van der Waals surface area contributed by atoms with Crippen molar-refractivity contribution in [2.75, 3.05) is 5.75 Å². The lowest BCUT2D eigenvalue weighted by molar-refractivity contribution is -0.118. The van der Waals surface area contributed by atoms with E-state index in [0.717, 1.165) is 15.7 Å². The summed E-state index contributed by atoms with van der Waals surface area (Å²) in [7, 11) is 0. The van der Waals surface area contributed by atoms with Gasteiger partial charge in [0.15, 0.2) is 11.0 Å². The standard InChI is InChI=1S/C23H16BrCl2N5OS/c24-17-7-10-19(11-8-17)31-22(15-4-2-1-3-5-15)29-30-23(31)33-14-21(32)28-27-13-16-6-9-18(25)12-20(16)26/h1-13H,14H2,(H,28,32). The van der Waals surface area contributed by atoms with E-state index in [9.17, 15) is 4.79 Å². The topological polar surface area (TPSA) is 72.2 Å². The van der Waals surface area contributed by atoms with E-state index in [-0.39, 0.29) is 11.7 Å². The van der Waals surface area contributed by atoms with E-state index in [2.05, 4.69) is 36.7 Å². The lowest BCUT2D eigenvalue weighted by atomic mass is 10.2. The van der Waals surface area contributed by atoms with Crippen LogP contribution in [0.4, 0.5) is 0 Å². The van der Waals surface area contributed by atoms with Crippen LogP contribution in [0.2, 0.25) is 10.0 Å². The van der Waals surface area contributed by atoms with Gasteiger partial charge >= 0.3 is 0 Å². The molecule has 3 aromatic carbocycles. The average Bonchev–Trinajstić information content (AvgIpc) is 3.24. The average molecular weight is 561 g/mol. The van der Waals surface area contributed by atoms with Crippen molar-refractivity contribution < 1.29 is 4.79 Å². The molecule has 0 bridgehead atoms. The van der Waals surface area contributed by atoms with Crippen LogP contribution >= 0.6 is 50.9 Å². The molecule has 0 unspecified atom stereocenters. The van der Waals surface area contributed by atoms with Crippen molar-refractivity contribution in [2.45, 2.75) is 5.16 Å². The third-order valence-electron chi connectivity index (χ3n) is 4.44. The molecule has 0 aliphatic rings. The molecule has 0 fully saturated rings. The fraction of sp³-hybridized carbons (Fsp3) is 0.0435. The summed E-state index contributed by atoms with van der Waals surface area (Å²) in [4.78, 5) is 12.4. The molecule has 0 aliphatic carbocycles. The van der Waals surface area contributed by atoms with Crippen LogP contribution in [0.15, 0.2) is 87.5 Å². The molecule has 0 aliphatic heterocycles. The predicted octanol–water partition coefficient (Wildman–Crippen LogP) is 6.25. The zero-order valence-electron chi connectivity index (χ0n) is 17.0. The Morgan fingerprint density at radius 1 is 1.06 bits per heavy atom. The SMILES string of the molecule is O=C(CSc1nnc(-c2ccccc2)n1-c1ccc(Br)cc1)NN=Cc1ccc(Cl)cc1Cl. The normalized spacial score (nSPS) is 11.1. The fourth-order valence-electron chi connectivity index (χ4n) is 2.90. The van der Waals surface area contributed by atoms with Crippen molar-refractivity contribution in [3.05, 3.63) is 92.9 Å². The third-order valence-corrected chi connectivity index (χ3v) is 6.46. The van der Waals surface area contributed by atoms with Crippen molar-refractivity contribution in [2.24, 2.45) is 5.10 Å². The Balaban J connectivity index is 1.49. The quantitative estimate of drug-likeness (QED) is 0.165. The molecule has 1 amide bonds. The minimum Gasteiger partial charge on any atom is -0.272 e. The summed E-state index contributed by atoms with van der Waals surface area (Å²) < 4.78 is 2.89. The zero-order chi connectivity index (χ0) is 23.2. The highest BCUT2D eigenvalue weighted by Crippen LogP contribution is 2.28. The minimum atomic E-state index is -0.284. The monoisotopic (exact) mass is 559 g/mol. The molecule has 4 aromatic rings. The first kappa shape index (κ1) is 23.5. The number of carbonyl (C=O) groups excluding carboxylic acids is 1. The van der Waals surface area contributed by atoms with Gasteiger partial charge < -0.3 is 0 Å². The number of carbonyl (C=O) groups is 1. The Labute approximate surface area is 213 Å². The number of rotatable bonds is 7. The molecule has 33 heavy (non-hydrogen) atoms. The third kappa shape index (κ3) is 6.03. The molecule has 1 heterocycles. The smallest absolute Gasteiger partial charge is 0.250 e. The van der Waals surface area contributed by atoms with E-state index in [4.69, 9.17) is 23.2 Å². The lowest BCUT2D eigenvalue weighted by Gasteiger charge is -2.10. The zero-order valence-corrected chi connectivity index (χ0v) is 20.9. The number of hydrogen-bond acceptors (Lipinski definition) is 5. The summed E-state index contributed by atoms with van der Waals surface area (Å²) in [6.45, 7) is 0. The van der Waals surface area contributed by atoms with Crippen LogP contribution in [0.1, 0.15) is 5.56 Å². The van der Waals surface area contributed by atoms with Gasteiger partial charge in [0.1, 0.15) is 0 Å². The summed E-state index contributed by atoms with van der Waals surface area (Å²) in [5.74, 6) is 0.513.